The highest BCUT2D eigenvalue weighted by Gasteiger charge is 2.06. The Bertz CT molecular complexity index is 534. The molecule has 1 N–H and O–H groups in total. The first kappa shape index (κ1) is 13.1. The highest BCUT2D eigenvalue weighted by molar-refractivity contribution is 7.11. The van der Waals surface area contributed by atoms with E-state index in [0.29, 0.717) is 6.61 Å². The van der Waals surface area contributed by atoms with Gasteiger partial charge in [0.05, 0.1) is 16.0 Å². The molecule has 0 unspecified atom stereocenters. The Labute approximate surface area is 111 Å². The molecule has 1 aromatic heterocycles. The standard InChI is InChI=1S/C14H17NO2S/c1-9-6-12(10(2)16)4-5-14(9)17-8-13-7-15-11(3)18-13/h4-7,10,16H,8H2,1-3H3/t10-/m0/s1. The lowest BCUT2D eigenvalue weighted by Crippen LogP contribution is -1.97. The van der Waals surface area contributed by atoms with E-state index >= 15 is 0 Å². The maximum absolute atomic E-state index is 9.50. The first-order valence-electron chi connectivity index (χ1n) is 5.89. The van der Waals surface area contributed by atoms with Crippen LogP contribution in [0.4, 0.5) is 0 Å². The van der Waals surface area contributed by atoms with Gasteiger partial charge in [-0.25, -0.2) is 4.98 Å². The van der Waals surface area contributed by atoms with E-state index in [1.165, 1.54) is 0 Å². The SMILES string of the molecule is Cc1ncc(COc2ccc([C@H](C)O)cc2C)s1. The quantitative estimate of drug-likeness (QED) is 0.919. The van der Waals surface area contributed by atoms with Crippen molar-refractivity contribution in [3.63, 3.8) is 0 Å². The molecule has 96 valence electrons. The van der Waals surface area contributed by atoms with Crippen molar-refractivity contribution in [2.45, 2.75) is 33.5 Å². The van der Waals surface area contributed by atoms with Crippen LogP contribution in [0.3, 0.4) is 0 Å². The van der Waals surface area contributed by atoms with Gasteiger partial charge >= 0.3 is 0 Å². The summed E-state index contributed by atoms with van der Waals surface area (Å²) >= 11 is 1.64. The second-order valence-electron chi connectivity index (χ2n) is 4.34. The lowest BCUT2D eigenvalue weighted by atomic mass is 10.1. The third kappa shape index (κ3) is 3.09. The number of benzene rings is 1. The van der Waals surface area contributed by atoms with Crippen molar-refractivity contribution in [1.82, 2.24) is 4.98 Å². The fraction of sp³-hybridized carbons (Fsp3) is 0.357. The van der Waals surface area contributed by atoms with Crippen LogP contribution in [0.15, 0.2) is 24.4 Å². The fourth-order valence-corrected chi connectivity index (χ4v) is 2.42. The zero-order chi connectivity index (χ0) is 13.1. The lowest BCUT2D eigenvalue weighted by molar-refractivity contribution is 0.199. The number of thiazole rings is 1. The summed E-state index contributed by atoms with van der Waals surface area (Å²) in [5.41, 5.74) is 1.95. The minimum atomic E-state index is -0.443. The second kappa shape index (κ2) is 5.50. The lowest BCUT2D eigenvalue weighted by Gasteiger charge is -2.11. The van der Waals surface area contributed by atoms with Gasteiger partial charge in [-0.2, -0.15) is 0 Å². The average molecular weight is 263 g/mol. The van der Waals surface area contributed by atoms with Crippen molar-refractivity contribution in [2.75, 3.05) is 0 Å². The molecule has 0 fully saturated rings. The number of nitrogens with zero attached hydrogens (tertiary/aromatic N) is 1. The first-order valence-corrected chi connectivity index (χ1v) is 6.70. The van der Waals surface area contributed by atoms with Gasteiger partial charge in [0.1, 0.15) is 12.4 Å². The van der Waals surface area contributed by atoms with Gasteiger partial charge in [-0.3, -0.25) is 0 Å². The van der Waals surface area contributed by atoms with Gasteiger partial charge < -0.3 is 9.84 Å². The van der Waals surface area contributed by atoms with E-state index in [2.05, 4.69) is 4.98 Å². The number of ether oxygens (including phenoxy) is 1. The summed E-state index contributed by atoms with van der Waals surface area (Å²) in [6.07, 6.45) is 1.40. The van der Waals surface area contributed by atoms with E-state index in [4.69, 9.17) is 4.74 Å². The molecule has 2 rings (SSSR count). The molecule has 0 spiro atoms. The zero-order valence-electron chi connectivity index (χ0n) is 10.8. The van der Waals surface area contributed by atoms with E-state index in [1.54, 1.807) is 18.3 Å². The summed E-state index contributed by atoms with van der Waals surface area (Å²) in [6, 6.07) is 5.76. The molecular formula is C14H17NO2S. The topological polar surface area (TPSA) is 42.4 Å². The van der Waals surface area contributed by atoms with Crippen molar-refractivity contribution in [2.24, 2.45) is 0 Å². The maximum Gasteiger partial charge on any atom is 0.124 e. The highest BCUT2D eigenvalue weighted by Crippen LogP contribution is 2.24. The number of aryl methyl sites for hydroxylation is 2. The predicted molar refractivity (Wildman–Crippen MR) is 73.0 cm³/mol. The van der Waals surface area contributed by atoms with E-state index in [9.17, 15) is 5.11 Å². The van der Waals surface area contributed by atoms with Gasteiger partial charge in [0, 0.05) is 6.20 Å². The van der Waals surface area contributed by atoms with Crippen molar-refractivity contribution in [3.8, 4) is 5.75 Å². The summed E-state index contributed by atoms with van der Waals surface area (Å²) in [4.78, 5) is 5.31. The van der Waals surface area contributed by atoms with Crippen LogP contribution in [-0.4, -0.2) is 10.1 Å². The summed E-state index contributed by atoms with van der Waals surface area (Å²) in [6.45, 7) is 6.27. The number of aromatic nitrogens is 1. The zero-order valence-corrected chi connectivity index (χ0v) is 11.6. The number of hydrogen-bond acceptors (Lipinski definition) is 4. The first-order chi connectivity index (χ1) is 8.56. The molecule has 18 heavy (non-hydrogen) atoms. The smallest absolute Gasteiger partial charge is 0.124 e. The van der Waals surface area contributed by atoms with Gasteiger partial charge in [-0.15, -0.1) is 11.3 Å². The Morgan fingerprint density at radius 3 is 2.72 bits per heavy atom. The summed E-state index contributed by atoms with van der Waals surface area (Å²) in [5.74, 6) is 0.852. The minimum absolute atomic E-state index is 0.443. The molecule has 0 aliphatic rings. The highest BCUT2D eigenvalue weighted by atomic mass is 32.1. The van der Waals surface area contributed by atoms with Crippen LogP contribution in [-0.2, 0) is 6.61 Å². The average Bonchev–Trinajstić information content (AvgIpc) is 2.73. The Kier molecular flexibility index (Phi) is 3.99. The van der Waals surface area contributed by atoms with Gasteiger partial charge in [0.15, 0.2) is 0 Å². The van der Waals surface area contributed by atoms with Crippen LogP contribution in [0.5, 0.6) is 5.75 Å². The van der Waals surface area contributed by atoms with Crippen LogP contribution in [0.1, 0.15) is 34.0 Å². The molecule has 1 aromatic carbocycles. The van der Waals surface area contributed by atoms with Crippen molar-refractivity contribution in [1.29, 1.82) is 0 Å². The Balaban J connectivity index is 2.05. The number of aliphatic hydroxyl groups excluding tert-OH is 1. The Morgan fingerprint density at radius 1 is 1.39 bits per heavy atom. The van der Waals surface area contributed by atoms with Gasteiger partial charge in [-0.05, 0) is 44.0 Å². The number of aliphatic hydroxyl groups is 1. The van der Waals surface area contributed by atoms with Crippen LogP contribution in [0.2, 0.25) is 0 Å². The molecule has 0 bridgehead atoms. The van der Waals surface area contributed by atoms with E-state index < -0.39 is 6.10 Å². The summed E-state index contributed by atoms with van der Waals surface area (Å²) in [7, 11) is 0. The van der Waals surface area contributed by atoms with Gasteiger partial charge in [-0.1, -0.05) is 6.07 Å². The summed E-state index contributed by atoms with van der Waals surface area (Å²) < 4.78 is 5.76. The molecule has 0 aliphatic heterocycles. The number of rotatable bonds is 4. The molecule has 0 aliphatic carbocycles. The van der Waals surface area contributed by atoms with Crippen molar-refractivity contribution < 1.29 is 9.84 Å². The number of hydrogen-bond donors (Lipinski definition) is 1. The molecule has 1 heterocycles. The largest absolute Gasteiger partial charge is 0.488 e. The van der Waals surface area contributed by atoms with Crippen molar-refractivity contribution >= 4 is 11.3 Å². The van der Waals surface area contributed by atoms with Gasteiger partial charge in [0.25, 0.3) is 0 Å². The Hall–Kier alpha value is -1.39. The van der Waals surface area contributed by atoms with Crippen LogP contribution >= 0.6 is 11.3 Å². The van der Waals surface area contributed by atoms with Gasteiger partial charge in [0.2, 0.25) is 0 Å². The van der Waals surface area contributed by atoms with Crippen molar-refractivity contribution in [3.05, 3.63) is 45.4 Å². The van der Waals surface area contributed by atoms with Crippen LogP contribution < -0.4 is 4.74 Å². The monoisotopic (exact) mass is 263 g/mol. The third-order valence-corrected chi connectivity index (χ3v) is 3.61. The molecule has 0 saturated heterocycles. The molecule has 1 atom stereocenters. The molecular weight excluding hydrogens is 246 g/mol. The predicted octanol–water partition coefficient (Wildman–Crippen LogP) is 3.39. The van der Waals surface area contributed by atoms with E-state index in [1.807, 2.05) is 38.2 Å². The molecule has 0 saturated carbocycles. The molecule has 4 heteroatoms. The Morgan fingerprint density at radius 2 is 2.17 bits per heavy atom. The third-order valence-electron chi connectivity index (χ3n) is 2.72. The molecule has 3 nitrogen and oxygen atoms in total. The second-order valence-corrected chi connectivity index (χ2v) is 5.65. The van der Waals surface area contributed by atoms with Crippen LogP contribution in [0, 0.1) is 13.8 Å². The summed E-state index contributed by atoms with van der Waals surface area (Å²) in [5, 5.41) is 10.6. The van der Waals surface area contributed by atoms with E-state index in [-0.39, 0.29) is 0 Å². The normalized spacial score (nSPS) is 12.4. The molecule has 0 radical (unpaired) electrons. The van der Waals surface area contributed by atoms with E-state index in [0.717, 1.165) is 26.8 Å². The molecule has 2 aromatic rings. The minimum Gasteiger partial charge on any atom is -0.488 e. The molecule has 0 amide bonds. The maximum atomic E-state index is 9.50. The van der Waals surface area contributed by atoms with Crippen LogP contribution in [0.25, 0.3) is 0 Å². The fourth-order valence-electron chi connectivity index (χ4n) is 1.72.